The SMILES string of the molecule is N#Cc1ccc(Oc2cc(F)c(S(=O)(=O)Nc3ncccn3)cc2Cl)cc1Cl. The molecule has 0 aliphatic carbocycles. The third-order valence-corrected chi connectivity index (χ3v) is 5.31. The highest BCUT2D eigenvalue weighted by Crippen LogP contribution is 2.34. The van der Waals surface area contributed by atoms with Gasteiger partial charge in [-0.3, -0.25) is 0 Å². The van der Waals surface area contributed by atoms with Crippen molar-refractivity contribution < 1.29 is 17.5 Å². The summed E-state index contributed by atoms with van der Waals surface area (Å²) in [4.78, 5) is 6.74. The molecule has 0 saturated heterocycles. The molecule has 0 spiro atoms. The number of hydrogen-bond donors (Lipinski definition) is 1. The van der Waals surface area contributed by atoms with Crippen LogP contribution in [0, 0.1) is 17.1 Å². The molecule has 3 aromatic rings. The Labute approximate surface area is 169 Å². The average Bonchev–Trinajstić information content (AvgIpc) is 2.65. The first kappa shape index (κ1) is 19.8. The second kappa shape index (κ2) is 7.98. The van der Waals surface area contributed by atoms with Gasteiger partial charge in [0.1, 0.15) is 28.3 Å². The third kappa shape index (κ3) is 4.31. The maximum absolute atomic E-state index is 14.5. The highest BCUT2D eigenvalue weighted by atomic mass is 35.5. The number of nitriles is 1. The molecule has 1 aromatic heterocycles. The van der Waals surface area contributed by atoms with E-state index >= 15 is 0 Å². The van der Waals surface area contributed by atoms with Crippen LogP contribution >= 0.6 is 23.2 Å². The van der Waals surface area contributed by atoms with Crippen molar-refractivity contribution in [2.24, 2.45) is 0 Å². The zero-order chi connectivity index (χ0) is 20.3. The third-order valence-electron chi connectivity index (χ3n) is 3.36. The van der Waals surface area contributed by atoms with Crippen LogP contribution in [-0.2, 0) is 10.0 Å². The minimum absolute atomic E-state index is 0.130. The lowest BCUT2D eigenvalue weighted by molar-refractivity contribution is 0.474. The molecule has 0 aliphatic heterocycles. The van der Waals surface area contributed by atoms with E-state index in [1.807, 2.05) is 6.07 Å². The van der Waals surface area contributed by atoms with Gasteiger partial charge in [-0.25, -0.2) is 27.5 Å². The lowest BCUT2D eigenvalue weighted by Gasteiger charge is -2.12. The lowest BCUT2D eigenvalue weighted by Crippen LogP contribution is -2.16. The Hall–Kier alpha value is -2.93. The summed E-state index contributed by atoms with van der Waals surface area (Å²) < 4.78 is 46.7. The van der Waals surface area contributed by atoms with E-state index in [1.165, 1.54) is 36.7 Å². The Kier molecular flexibility index (Phi) is 5.65. The summed E-state index contributed by atoms with van der Waals surface area (Å²) in [6, 6.07) is 9.34. The molecule has 0 amide bonds. The first-order valence-electron chi connectivity index (χ1n) is 7.46. The van der Waals surface area contributed by atoms with E-state index in [0.717, 1.165) is 12.1 Å². The van der Waals surface area contributed by atoms with E-state index in [0.29, 0.717) is 0 Å². The van der Waals surface area contributed by atoms with Gasteiger partial charge in [-0.2, -0.15) is 5.26 Å². The van der Waals surface area contributed by atoms with Gasteiger partial charge in [-0.15, -0.1) is 0 Å². The Morgan fingerprint density at radius 1 is 1.11 bits per heavy atom. The van der Waals surface area contributed by atoms with Crippen molar-refractivity contribution in [3.63, 3.8) is 0 Å². The van der Waals surface area contributed by atoms with Gasteiger partial charge in [0, 0.05) is 24.5 Å². The summed E-state index contributed by atoms with van der Waals surface area (Å²) in [7, 11) is -4.32. The predicted molar refractivity (Wildman–Crippen MR) is 100 cm³/mol. The van der Waals surface area contributed by atoms with Crippen molar-refractivity contribution in [2.75, 3.05) is 4.72 Å². The molecule has 0 fully saturated rings. The second-order valence-electron chi connectivity index (χ2n) is 5.25. The van der Waals surface area contributed by atoms with E-state index < -0.39 is 20.7 Å². The van der Waals surface area contributed by atoms with Crippen molar-refractivity contribution in [3.05, 3.63) is 70.2 Å². The minimum atomic E-state index is -4.32. The number of anilines is 1. The molecular formula is C17H9Cl2FN4O3S. The molecule has 11 heteroatoms. The lowest BCUT2D eigenvalue weighted by atomic mass is 10.2. The largest absolute Gasteiger partial charge is 0.456 e. The van der Waals surface area contributed by atoms with Gasteiger partial charge in [-0.05, 0) is 24.3 Å². The van der Waals surface area contributed by atoms with Gasteiger partial charge in [0.15, 0.2) is 0 Å². The number of rotatable bonds is 5. The summed E-state index contributed by atoms with van der Waals surface area (Å²) in [6.45, 7) is 0. The van der Waals surface area contributed by atoms with Gasteiger partial charge in [0.25, 0.3) is 10.0 Å². The fourth-order valence-corrected chi connectivity index (χ4v) is 3.62. The molecule has 3 rings (SSSR count). The van der Waals surface area contributed by atoms with Crippen LogP contribution in [-0.4, -0.2) is 18.4 Å². The normalized spacial score (nSPS) is 10.9. The Morgan fingerprint density at radius 3 is 2.46 bits per heavy atom. The van der Waals surface area contributed by atoms with Gasteiger partial charge in [-0.1, -0.05) is 23.2 Å². The van der Waals surface area contributed by atoms with Gasteiger partial charge >= 0.3 is 0 Å². The quantitative estimate of drug-likeness (QED) is 0.633. The van der Waals surface area contributed by atoms with Crippen LogP contribution in [0.25, 0.3) is 0 Å². The standard InChI is InChI=1S/C17H9Cl2FN4O3S/c18-12-6-11(3-2-10(12)9-21)27-15-8-14(20)16(7-13(15)19)28(25,26)24-17-22-4-1-5-23-17/h1-8H,(H,22,23,24). The van der Waals surface area contributed by atoms with Crippen LogP contribution in [0.2, 0.25) is 10.0 Å². The fourth-order valence-electron chi connectivity index (χ4n) is 2.10. The molecule has 0 bridgehead atoms. The first-order chi connectivity index (χ1) is 13.3. The molecule has 0 radical (unpaired) electrons. The molecule has 1 heterocycles. The maximum Gasteiger partial charge on any atom is 0.267 e. The summed E-state index contributed by atoms with van der Waals surface area (Å²) in [5.74, 6) is -1.25. The molecule has 7 nitrogen and oxygen atoms in total. The summed E-state index contributed by atoms with van der Waals surface area (Å²) in [6.07, 6.45) is 2.65. The number of nitrogens with zero attached hydrogens (tertiary/aromatic N) is 3. The van der Waals surface area contributed by atoms with Crippen molar-refractivity contribution in [1.29, 1.82) is 5.26 Å². The smallest absolute Gasteiger partial charge is 0.267 e. The molecule has 0 unspecified atom stereocenters. The van der Waals surface area contributed by atoms with Crippen molar-refractivity contribution in [1.82, 2.24) is 9.97 Å². The van der Waals surface area contributed by atoms with Gasteiger partial charge in [0.2, 0.25) is 5.95 Å². The van der Waals surface area contributed by atoms with Crippen LogP contribution in [0.3, 0.4) is 0 Å². The highest BCUT2D eigenvalue weighted by molar-refractivity contribution is 7.92. The molecule has 1 N–H and O–H groups in total. The molecule has 28 heavy (non-hydrogen) atoms. The maximum atomic E-state index is 14.5. The van der Waals surface area contributed by atoms with Crippen molar-refractivity contribution in [3.8, 4) is 17.6 Å². The number of sulfonamides is 1. The number of aromatic nitrogens is 2. The van der Waals surface area contributed by atoms with E-state index in [-0.39, 0.29) is 33.1 Å². The molecule has 2 aromatic carbocycles. The number of benzene rings is 2. The molecule has 0 atom stereocenters. The van der Waals surface area contributed by atoms with E-state index in [2.05, 4.69) is 14.7 Å². The van der Waals surface area contributed by atoms with Crippen LogP contribution in [0.5, 0.6) is 11.5 Å². The molecule has 0 aliphatic rings. The molecule has 142 valence electrons. The van der Waals surface area contributed by atoms with E-state index in [4.69, 9.17) is 33.2 Å². The molecular weight excluding hydrogens is 430 g/mol. The second-order valence-corrected chi connectivity index (χ2v) is 7.71. The van der Waals surface area contributed by atoms with Gasteiger partial charge < -0.3 is 4.74 Å². The minimum Gasteiger partial charge on any atom is -0.456 e. The zero-order valence-electron chi connectivity index (χ0n) is 13.7. The first-order valence-corrected chi connectivity index (χ1v) is 9.70. The number of halogens is 3. The summed E-state index contributed by atoms with van der Waals surface area (Å²) in [5.41, 5.74) is 0.238. The van der Waals surface area contributed by atoms with Crippen LogP contribution in [0.4, 0.5) is 10.3 Å². The Bertz CT molecular complexity index is 1180. The molecule has 0 saturated carbocycles. The topological polar surface area (TPSA) is 105 Å². The zero-order valence-corrected chi connectivity index (χ0v) is 16.1. The summed E-state index contributed by atoms with van der Waals surface area (Å²) in [5, 5.41) is 8.86. The van der Waals surface area contributed by atoms with Crippen LogP contribution in [0.15, 0.2) is 53.7 Å². The summed E-state index contributed by atoms with van der Waals surface area (Å²) >= 11 is 12.0. The number of nitrogens with one attached hydrogen (secondary N) is 1. The average molecular weight is 439 g/mol. The highest BCUT2D eigenvalue weighted by Gasteiger charge is 2.23. The Morgan fingerprint density at radius 2 is 1.82 bits per heavy atom. The van der Waals surface area contributed by atoms with E-state index in [1.54, 1.807) is 0 Å². The fraction of sp³-hybridized carbons (Fsp3) is 0. The monoisotopic (exact) mass is 438 g/mol. The Balaban J connectivity index is 1.91. The van der Waals surface area contributed by atoms with Crippen molar-refractivity contribution in [2.45, 2.75) is 4.90 Å². The van der Waals surface area contributed by atoms with E-state index in [9.17, 15) is 12.8 Å². The number of ether oxygens (including phenoxy) is 1. The number of hydrogen-bond acceptors (Lipinski definition) is 6. The van der Waals surface area contributed by atoms with Crippen molar-refractivity contribution >= 4 is 39.2 Å². The van der Waals surface area contributed by atoms with Crippen LogP contribution < -0.4 is 9.46 Å². The van der Waals surface area contributed by atoms with Crippen LogP contribution in [0.1, 0.15) is 5.56 Å². The van der Waals surface area contributed by atoms with Gasteiger partial charge in [0.05, 0.1) is 15.6 Å². The predicted octanol–water partition coefficient (Wildman–Crippen LogP) is 4.39.